The van der Waals surface area contributed by atoms with E-state index in [-0.39, 0.29) is 5.54 Å². The fourth-order valence-corrected chi connectivity index (χ4v) is 3.21. The molecule has 0 radical (unpaired) electrons. The molecule has 0 aromatic heterocycles. The van der Waals surface area contributed by atoms with E-state index in [2.05, 4.69) is 6.92 Å². The van der Waals surface area contributed by atoms with E-state index >= 15 is 0 Å². The van der Waals surface area contributed by atoms with Crippen LogP contribution in [0, 0.1) is 17.6 Å². The van der Waals surface area contributed by atoms with E-state index in [1.807, 2.05) is 0 Å². The molecule has 0 spiro atoms. The Balaban J connectivity index is 2.17. The summed E-state index contributed by atoms with van der Waals surface area (Å²) in [6.45, 7) is 2.16. The number of benzene rings is 1. The Hall–Kier alpha value is -0.960. The lowest BCUT2D eigenvalue weighted by Gasteiger charge is -2.41. The molecule has 1 nitrogen and oxygen atoms in total. The minimum absolute atomic E-state index is 0.253. The Morgan fingerprint density at radius 1 is 1.28 bits per heavy atom. The number of rotatable bonds is 3. The number of nitrogens with two attached hydrogens (primary N) is 1. The number of hydrogen-bond donors (Lipinski definition) is 1. The first-order chi connectivity index (χ1) is 8.55. The summed E-state index contributed by atoms with van der Waals surface area (Å²) in [7, 11) is 0. The Morgan fingerprint density at radius 3 is 2.72 bits per heavy atom. The summed E-state index contributed by atoms with van der Waals surface area (Å²) < 4.78 is 26.1. The molecule has 0 aliphatic heterocycles. The predicted molar refractivity (Wildman–Crippen MR) is 69.2 cm³/mol. The molecule has 2 rings (SSSR count). The van der Waals surface area contributed by atoms with Gasteiger partial charge in [0.25, 0.3) is 0 Å². The van der Waals surface area contributed by atoms with Gasteiger partial charge in [0.15, 0.2) is 11.6 Å². The van der Waals surface area contributed by atoms with Gasteiger partial charge in [-0.3, -0.25) is 0 Å². The molecular weight excluding hydrogens is 232 g/mol. The lowest BCUT2D eigenvalue weighted by Crippen LogP contribution is -2.50. The van der Waals surface area contributed by atoms with Crippen LogP contribution in [-0.2, 0) is 6.42 Å². The third kappa shape index (κ3) is 2.72. The van der Waals surface area contributed by atoms with Gasteiger partial charge in [0.2, 0.25) is 0 Å². The number of halogens is 2. The monoisotopic (exact) mass is 253 g/mol. The molecule has 0 heterocycles. The third-order valence-electron chi connectivity index (χ3n) is 4.27. The molecule has 3 heteroatoms. The first-order valence-electron chi connectivity index (χ1n) is 6.78. The Labute approximate surface area is 107 Å². The number of hydrogen-bond acceptors (Lipinski definition) is 1. The van der Waals surface area contributed by atoms with Gasteiger partial charge in [0.1, 0.15) is 0 Å². The normalized spacial score (nSPS) is 28.3. The van der Waals surface area contributed by atoms with Crippen molar-refractivity contribution in [2.45, 2.75) is 51.0 Å². The van der Waals surface area contributed by atoms with Gasteiger partial charge in [-0.2, -0.15) is 0 Å². The molecule has 2 atom stereocenters. The zero-order chi connectivity index (χ0) is 13.2. The summed E-state index contributed by atoms with van der Waals surface area (Å²) in [6.07, 6.45) is 6.19. The molecule has 1 aromatic carbocycles. The van der Waals surface area contributed by atoms with Crippen LogP contribution in [0.15, 0.2) is 18.2 Å². The van der Waals surface area contributed by atoms with Crippen molar-refractivity contribution in [3.05, 3.63) is 35.4 Å². The minimum atomic E-state index is -0.791. The van der Waals surface area contributed by atoms with Crippen molar-refractivity contribution in [3.63, 3.8) is 0 Å². The van der Waals surface area contributed by atoms with Gasteiger partial charge in [-0.15, -0.1) is 0 Å². The minimum Gasteiger partial charge on any atom is -0.325 e. The summed E-state index contributed by atoms with van der Waals surface area (Å²) in [5.41, 5.74) is 7.07. The molecule has 2 N–H and O–H groups in total. The first-order valence-corrected chi connectivity index (χ1v) is 6.78. The molecule has 1 aliphatic carbocycles. The average Bonchev–Trinajstić information content (AvgIpc) is 2.34. The zero-order valence-electron chi connectivity index (χ0n) is 10.9. The summed E-state index contributed by atoms with van der Waals surface area (Å²) in [5.74, 6) is -1.08. The van der Waals surface area contributed by atoms with Crippen LogP contribution in [0.25, 0.3) is 0 Å². The van der Waals surface area contributed by atoms with Crippen LogP contribution >= 0.6 is 0 Å². The molecule has 1 aromatic rings. The SMILES string of the molecule is CCC1CCCCC1(N)Cc1ccc(F)c(F)c1. The topological polar surface area (TPSA) is 26.0 Å². The van der Waals surface area contributed by atoms with Gasteiger partial charge in [-0.1, -0.05) is 32.3 Å². The van der Waals surface area contributed by atoms with Crippen LogP contribution in [0.2, 0.25) is 0 Å². The summed E-state index contributed by atoms with van der Waals surface area (Å²) in [6, 6.07) is 4.12. The van der Waals surface area contributed by atoms with Crippen LogP contribution in [-0.4, -0.2) is 5.54 Å². The van der Waals surface area contributed by atoms with E-state index < -0.39 is 11.6 Å². The smallest absolute Gasteiger partial charge is 0.159 e. The Bertz CT molecular complexity index is 419. The van der Waals surface area contributed by atoms with Crippen molar-refractivity contribution >= 4 is 0 Å². The van der Waals surface area contributed by atoms with Gasteiger partial charge in [-0.05, 0) is 42.9 Å². The lowest BCUT2D eigenvalue weighted by molar-refractivity contribution is 0.182. The van der Waals surface area contributed by atoms with Crippen LogP contribution < -0.4 is 5.73 Å². The van der Waals surface area contributed by atoms with E-state index in [1.165, 1.54) is 18.6 Å². The van der Waals surface area contributed by atoms with E-state index in [9.17, 15) is 8.78 Å². The molecule has 100 valence electrons. The van der Waals surface area contributed by atoms with Crippen molar-refractivity contribution in [1.29, 1.82) is 0 Å². The van der Waals surface area contributed by atoms with Crippen molar-refractivity contribution in [1.82, 2.24) is 0 Å². The largest absolute Gasteiger partial charge is 0.325 e. The molecule has 18 heavy (non-hydrogen) atoms. The van der Waals surface area contributed by atoms with Gasteiger partial charge in [0, 0.05) is 5.54 Å². The van der Waals surface area contributed by atoms with E-state index in [4.69, 9.17) is 5.73 Å². The Kier molecular flexibility index (Phi) is 4.00. The highest BCUT2D eigenvalue weighted by Gasteiger charge is 2.36. The molecule has 1 fully saturated rings. The highest BCUT2D eigenvalue weighted by molar-refractivity contribution is 5.21. The second-order valence-electron chi connectivity index (χ2n) is 5.51. The van der Waals surface area contributed by atoms with Crippen LogP contribution in [0.1, 0.15) is 44.6 Å². The fraction of sp³-hybridized carbons (Fsp3) is 0.600. The molecule has 1 saturated carbocycles. The second kappa shape index (κ2) is 5.35. The van der Waals surface area contributed by atoms with Gasteiger partial charge in [-0.25, -0.2) is 8.78 Å². The van der Waals surface area contributed by atoms with Crippen molar-refractivity contribution in [2.75, 3.05) is 0 Å². The highest BCUT2D eigenvalue weighted by atomic mass is 19.2. The molecule has 0 bridgehead atoms. The van der Waals surface area contributed by atoms with Crippen molar-refractivity contribution < 1.29 is 8.78 Å². The molecule has 1 aliphatic rings. The lowest BCUT2D eigenvalue weighted by atomic mass is 9.69. The second-order valence-corrected chi connectivity index (χ2v) is 5.51. The van der Waals surface area contributed by atoms with Gasteiger partial charge in [0.05, 0.1) is 0 Å². The quantitative estimate of drug-likeness (QED) is 0.871. The fourth-order valence-electron chi connectivity index (χ4n) is 3.21. The van der Waals surface area contributed by atoms with Crippen LogP contribution in [0.4, 0.5) is 8.78 Å². The molecular formula is C15H21F2N. The predicted octanol–water partition coefficient (Wildman–Crippen LogP) is 3.81. The molecule has 0 amide bonds. The Morgan fingerprint density at radius 2 is 2.06 bits per heavy atom. The first kappa shape index (κ1) is 13.5. The van der Waals surface area contributed by atoms with Crippen LogP contribution in [0.3, 0.4) is 0 Å². The highest BCUT2D eigenvalue weighted by Crippen LogP contribution is 2.36. The standard InChI is InChI=1S/C15H21F2N/c1-2-12-5-3-4-8-15(12,18)10-11-6-7-13(16)14(17)9-11/h6-7,9,12H,2-5,8,10,18H2,1H3. The summed E-state index contributed by atoms with van der Waals surface area (Å²) in [4.78, 5) is 0. The van der Waals surface area contributed by atoms with Crippen LogP contribution in [0.5, 0.6) is 0 Å². The summed E-state index contributed by atoms with van der Waals surface area (Å²) >= 11 is 0. The van der Waals surface area contributed by atoms with E-state index in [0.717, 1.165) is 31.2 Å². The van der Waals surface area contributed by atoms with E-state index in [0.29, 0.717) is 12.3 Å². The van der Waals surface area contributed by atoms with Crippen molar-refractivity contribution in [2.24, 2.45) is 11.7 Å². The van der Waals surface area contributed by atoms with Crippen molar-refractivity contribution in [3.8, 4) is 0 Å². The summed E-state index contributed by atoms with van der Waals surface area (Å²) in [5, 5.41) is 0. The van der Waals surface area contributed by atoms with Gasteiger partial charge < -0.3 is 5.73 Å². The zero-order valence-corrected chi connectivity index (χ0v) is 10.9. The maximum Gasteiger partial charge on any atom is 0.159 e. The third-order valence-corrected chi connectivity index (χ3v) is 4.27. The van der Waals surface area contributed by atoms with Gasteiger partial charge >= 0.3 is 0 Å². The van der Waals surface area contributed by atoms with E-state index in [1.54, 1.807) is 6.07 Å². The molecule has 0 saturated heterocycles. The average molecular weight is 253 g/mol. The molecule has 2 unspecified atom stereocenters. The maximum atomic E-state index is 13.2. The maximum absolute atomic E-state index is 13.2.